The van der Waals surface area contributed by atoms with Gasteiger partial charge in [-0.1, -0.05) is 266 Å². The molecule has 0 aliphatic rings. The van der Waals surface area contributed by atoms with E-state index in [0.717, 1.165) is 89.9 Å². The third-order valence-corrected chi connectivity index (χ3v) is 14.2. The van der Waals surface area contributed by atoms with Gasteiger partial charge in [0.25, 0.3) is 0 Å². The normalized spacial score (nSPS) is 13.6. The third kappa shape index (κ3) is 60.3. The molecule has 0 amide bonds. The van der Waals surface area contributed by atoms with Crippen molar-refractivity contribution in [2.45, 2.75) is 290 Å². The lowest BCUT2D eigenvalue weighted by molar-refractivity contribution is -0.161. The molecule has 0 saturated heterocycles. The van der Waals surface area contributed by atoms with Gasteiger partial charge in [0, 0.05) is 19.4 Å². The maximum atomic E-state index is 12.7. The number of allylic oxidation sites excluding steroid dienone is 14. The number of ether oxygens (including phenoxy) is 2. The van der Waals surface area contributed by atoms with E-state index in [1.54, 1.807) is 0 Å². The van der Waals surface area contributed by atoms with Crippen molar-refractivity contribution in [3.8, 4) is 0 Å². The summed E-state index contributed by atoms with van der Waals surface area (Å²) >= 11 is 0. The monoisotopic (exact) mass is 1070 g/mol. The van der Waals surface area contributed by atoms with E-state index in [2.05, 4.69) is 98.9 Å². The molecule has 0 rings (SSSR count). The van der Waals surface area contributed by atoms with Gasteiger partial charge >= 0.3 is 19.8 Å². The summed E-state index contributed by atoms with van der Waals surface area (Å²) in [6, 6.07) is 0. The van der Waals surface area contributed by atoms with E-state index in [4.69, 9.17) is 24.3 Å². The Morgan fingerprint density at radius 1 is 0.413 bits per heavy atom. The maximum absolute atomic E-state index is 12.7. The molecule has 2 unspecified atom stereocenters. The van der Waals surface area contributed by atoms with Crippen LogP contribution in [0.1, 0.15) is 284 Å². The number of hydrogen-bond donors (Lipinski definition) is 2. The van der Waals surface area contributed by atoms with E-state index < -0.39 is 26.5 Å². The van der Waals surface area contributed by atoms with Crippen molar-refractivity contribution in [1.29, 1.82) is 0 Å². The molecule has 0 aliphatic carbocycles. The largest absolute Gasteiger partial charge is 0.472 e. The van der Waals surface area contributed by atoms with Gasteiger partial charge in [-0.25, -0.2) is 4.57 Å². The predicted octanol–water partition coefficient (Wildman–Crippen LogP) is 19.9. The topological polar surface area (TPSA) is 134 Å². The zero-order chi connectivity index (χ0) is 54.5. The number of phosphoric ester groups is 1. The molecule has 0 bridgehead atoms. The lowest BCUT2D eigenvalue weighted by atomic mass is 10.0. The fraction of sp³-hybridized carbons (Fsp3) is 0.754. The minimum atomic E-state index is -4.39. The molecule has 2 atom stereocenters. The summed E-state index contributed by atoms with van der Waals surface area (Å²) < 4.78 is 33.0. The highest BCUT2D eigenvalue weighted by Gasteiger charge is 2.26. The van der Waals surface area contributed by atoms with Gasteiger partial charge in [-0.2, -0.15) is 0 Å². The first-order valence-electron chi connectivity index (χ1n) is 31.1. The van der Waals surface area contributed by atoms with Crippen LogP contribution < -0.4 is 5.73 Å². The lowest BCUT2D eigenvalue weighted by Gasteiger charge is -2.19. The van der Waals surface area contributed by atoms with E-state index in [-0.39, 0.29) is 38.6 Å². The smallest absolute Gasteiger partial charge is 0.462 e. The minimum absolute atomic E-state index is 0.0511. The molecule has 9 nitrogen and oxygen atoms in total. The van der Waals surface area contributed by atoms with E-state index in [9.17, 15) is 19.0 Å². The zero-order valence-electron chi connectivity index (χ0n) is 48.5. The Morgan fingerprint density at radius 3 is 1.09 bits per heavy atom. The van der Waals surface area contributed by atoms with E-state index in [1.807, 2.05) is 0 Å². The molecule has 0 aliphatic heterocycles. The number of rotatable bonds is 58. The molecule has 3 N–H and O–H groups in total. The van der Waals surface area contributed by atoms with Crippen LogP contribution in [0.2, 0.25) is 0 Å². The Hall–Kier alpha value is -2.81. The van der Waals surface area contributed by atoms with Crippen LogP contribution in [0.25, 0.3) is 0 Å². The molecule has 0 fully saturated rings. The molecular weight excluding hydrogens is 954 g/mol. The maximum Gasteiger partial charge on any atom is 0.472 e. The summed E-state index contributed by atoms with van der Waals surface area (Å²) in [6.45, 7) is 3.62. The van der Waals surface area contributed by atoms with Crippen LogP contribution in [0.4, 0.5) is 0 Å². The van der Waals surface area contributed by atoms with Crippen molar-refractivity contribution in [1.82, 2.24) is 0 Å². The first-order valence-corrected chi connectivity index (χ1v) is 32.6. The molecule has 0 spiro atoms. The summed E-state index contributed by atoms with van der Waals surface area (Å²) in [5.74, 6) is -0.829. The second-order valence-corrected chi connectivity index (χ2v) is 22.0. The quantitative estimate of drug-likeness (QED) is 0.0264. The summed E-state index contributed by atoms with van der Waals surface area (Å²) in [5, 5.41) is 0. The van der Waals surface area contributed by atoms with Gasteiger partial charge in [-0.15, -0.1) is 0 Å². The third-order valence-electron chi connectivity index (χ3n) is 13.3. The minimum Gasteiger partial charge on any atom is -0.462 e. The van der Waals surface area contributed by atoms with Gasteiger partial charge in [0.15, 0.2) is 6.10 Å². The van der Waals surface area contributed by atoms with Gasteiger partial charge < -0.3 is 20.1 Å². The predicted molar refractivity (Wildman–Crippen MR) is 321 cm³/mol. The van der Waals surface area contributed by atoms with Crippen LogP contribution in [0.15, 0.2) is 85.1 Å². The first kappa shape index (κ1) is 72.2. The molecule has 75 heavy (non-hydrogen) atoms. The van der Waals surface area contributed by atoms with E-state index >= 15 is 0 Å². The highest BCUT2D eigenvalue weighted by Crippen LogP contribution is 2.43. The second kappa shape index (κ2) is 60.4. The van der Waals surface area contributed by atoms with Crippen LogP contribution in [0, 0.1) is 0 Å². The number of carbonyl (C=O) groups excluding carboxylic acids is 2. The molecule has 0 radical (unpaired) electrons. The Kier molecular flexibility index (Phi) is 58.2. The molecule has 0 aromatic rings. The number of esters is 2. The fourth-order valence-electron chi connectivity index (χ4n) is 8.69. The van der Waals surface area contributed by atoms with Crippen molar-refractivity contribution in [2.24, 2.45) is 5.73 Å². The summed E-state index contributed by atoms with van der Waals surface area (Å²) in [7, 11) is -4.39. The van der Waals surface area contributed by atoms with E-state index in [1.165, 1.54) is 161 Å². The molecule has 0 saturated carbocycles. The van der Waals surface area contributed by atoms with Crippen molar-refractivity contribution in [3.05, 3.63) is 85.1 Å². The van der Waals surface area contributed by atoms with Crippen LogP contribution in [-0.2, 0) is 32.7 Å². The molecule has 0 aromatic carbocycles. The Bertz CT molecular complexity index is 1500. The number of phosphoric acid groups is 1. The number of hydrogen-bond acceptors (Lipinski definition) is 8. The second-order valence-electron chi connectivity index (χ2n) is 20.5. The average Bonchev–Trinajstić information content (AvgIpc) is 3.40. The van der Waals surface area contributed by atoms with Crippen LogP contribution in [0.3, 0.4) is 0 Å². The van der Waals surface area contributed by atoms with E-state index in [0.29, 0.717) is 6.42 Å². The molecule has 0 aromatic heterocycles. The van der Waals surface area contributed by atoms with Crippen LogP contribution >= 0.6 is 7.82 Å². The van der Waals surface area contributed by atoms with Crippen molar-refractivity contribution in [2.75, 3.05) is 26.4 Å². The molecule has 10 heteroatoms. The number of unbranched alkanes of at least 4 members (excludes halogenated alkanes) is 31. The number of carbonyl (C=O) groups is 2. The summed E-state index contributed by atoms with van der Waals surface area (Å²) in [4.78, 5) is 35.2. The zero-order valence-corrected chi connectivity index (χ0v) is 49.4. The summed E-state index contributed by atoms with van der Waals surface area (Å²) in [6.07, 6.45) is 79.5. The lowest BCUT2D eigenvalue weighted by Crippen LogP contribution is -2.29. The SMILES string of the molecule is CC/C=C\C/C=C\C/C=C\C/C=C\C/C=C\CCCCCCCCCCCCCCCCCCCCCCCC(=O)OC(COC(=O)CCCCCCCCC/C=C\C/C=C\CCCCC)COP(=O)(O)OCCN. The first-order chi connectivity index (χ1) is 36.8. The molecule has 0 heterocycles. The average molecular weight is 1070 g/mol. The number of nitrogens with two attached hydrogens (primary N) is 1. The van der Waals surface area contributed by atoms with Gasteiger partial charge in [-0.05, 0) is 89.9 Å². The Labute approximate surface area is 462 Å². The van der Waals surface area contributed by atoms with Crippen molar-refractivity contribution < 1.29 is 37.6 Å². The van der Waals surface area contributed by atoms with Gasteiger partial charge in [0.1, 0.15) is 6.61 Å². The van der Waals surface area contributed by atoms with Crippen molar-refractivity contribution in [3.63, 3.8) is 0 Å². The fourth-order valence-corrected chi connectivity index (χ4v) is 9.46. The summed E-state index contributed by atoms with van der Waals surface area (Å²) in [5.41, 5.74) is 5.38. The molecular formula is C65H116NO8P. The highest BCUT2D eigenvalue weighted by molar-refractivity contribution is 7.47. The Balaban J connectivity index is 3.84. The highest BCUT2D eigenvalue weighted by atomic mass is 31.2. The van der Waals surface area contributed by atoms with Gasteiger partial charge in [0.2, 0.25) is 0 Å². The van der Waals surface area contributed by atoms with Crippen LogP contribution in [-0.4, -0.2) is 49.3 Å². The van der Waals surface area contributed by atoms with Crippen LogP contribution in [0.5, 0.6) is 0 Å². The standard InChI is InChI=1S/C65H116NO8P/c1-3-5-7-9-11-13-15-17-19-21-22-23-24-25-26-27-28-29-30-31-32-33-34-35-36-37-38-39-40-42-44-46-48-50-52-54-56-58-65(68)74-63(62-73-75(69,70)72-60-59-66)61-71-64(67)57-55-53-51-49-47-45-43-41-20-18-16-14-12-10-8-6-4-2/h5,7,11-14,17-20,22-23,25-26,63H,3-4,6,8-10,15-16,21,24,27-62,66H2,1-2H3,(H,69,70)/b7-5-,13-11-,14-12-,19-17-,20-18-,23-22-,26-25-. The molecule has 434 valence electrons. The van der Waals surface area contributed by atoms with Crippen molar-refractivity contribution >= 4 is 19.8 Å². The Morgan fingerprint density at radius 2 is 0.733 bits per heavy atom. The van der Waals surface area contributed by atoms with Gasteiger partial charge in [0.05, 0.1) is 13.2 Å². The van der Waals surface area contributed by atoms with Gasteiger partial charge in [-0.3, -0.25) is 18.6 Å².